The highest BCUT2D eigenvalue weighted by atomic mass is 14.9. The molecule has 0 fully saturated rings. The van der Waals surface area contributed by atoms with Crippen LogP contribution in [0, 0.1) is 13.8 Å². The fraction of sp³-hybridized carbons (Fsp3) is 0.312. The van der Waals surface area contributed by atoms with E-state index in [1.807, 2.05) is 0 Å². The number of rotatable bonds is 1. The van der Waals surface area contributed by atoms with Crippen LogP contribution in [0.1, 0.15) is 22.4 Å². The van der Waals surface area contributed by atoms with E-state index in [0.717, 1.165) is 25.2 Å². The maximum Gasteiger partial charge on any atom is 0.0710 e. The molecule has 0 unspecified atom stereocenters. The first-order valence-corrected chi connectivity index (χ1v) is 6.52. The minimum Gasteiger partial charge on any atom is -0.312 e. The van der Waals surface area contributed by atoms with Crippen LogP contribution in [-0.4, -0.2) is 11.5 Å². The Labute approximate surface area is 108 Å². The molecule has 2 nitrogen and oxygen atoms in total. The number of benzene rings is 1. The van der Waals surface area contributed by atoms with Crippen LogP contribution in [0.4, 0.5) is 0 Å². The van der Waals surface area contributed by atoms with Crippen molar-refractivity contribution in [2.75, 3.05) is 6.54 Å². The molecule has 18 heavy (non-hydrogen) atoms. The van der Waals surface area contributed by atoms with Gasteiger partial charge in [-0.25, -0.2) is 0 Å². The monoisotopic (exact) mass is 238 g/mol. The Hall–Kier alpha value is -1.67. The fourth-order valence-corrected chi connectivity index (χ4v) is 2.70. The summed E-state index contributed by atoms with van der Waals surface area (Å²) < 4.78 is 0. The summed E-state index contributed by atoms with van der Waals surface area (Å²) in [6, 6.07) is 10.8. The van der Waals surface area contributed by atoms with E-state index in [2.05, 4.69) is 49.5 Å². The van der Waals surface area contributed by atoms with Gasteiger partial charge in [0.1, 0.15) is 0 Å². The molecule has 2 heterocycles. The van der Waals surface area contributed by atoms with Crippen molar-refractivity contribution in [2.24, 2.45) is 0 Å². The van der Waals surface area contributed by atoms with E-state index in [1.165, 1.54) is 27.9 Å². The van der Waals surface area contributed by atoms with Crippen molar-refractivity contribution in [1.82, 2.24) is 10.3 Å². The first-order chi connectivity index (χ1) is 8.75. The number of aromatic nitrogens is 1. The molecule has 1 N–H and O–H groups in total. The standard InChI is InChI=1S/C16H18N2/c1-11-4-3-5-12(2)16(11)15-7-6-13-10-17-9-8-14(13)18-15/h3-7,17H,8-10H2,1-2H3. The van der Waals surface area contributed by atoms with Gasteiger partial charge in [-0.2, -0.15) is 0 Å². The van der Waals surface area contributed by atoms with Crippen LogP contribution in [-0.2, 0) is 13.0 Å². The molecule has 1 aromatic carbocycles. The zero-order valence-corrected chi connectivity index (χ0v) is 11.0. The second-order valence-electron chi connectivity index (χ2n) is 5.00. The van der Waals surface area contributed by atoms with E-state index in [9.17, 15) is 0 Å². The van der Waals surface area contributed by atoms with E-state index in [-0.39, 0.29) is 0 Å². The number of hydrogen-bond donors (Lipinski definition) is 1. The summed E-state index contributed by atoms with van der Waals surface area (Å²) in [4.78, 5) is 4.87. The molecule has 1 aromatic heterocycles. The van der Waals surface area contributed by atoms with Gasteiger partial charge < -0.3 is 5.32 Å². The largest absolute Gasteiger partial charge is 0.312 e. The summed E-state index contributed by atoms with van der Waals surface area (Å²) in [7, 11) is 0. The zero-order valence-electron chi connectivity index (χ0n) is 11.0. The van der Waals surface area contributed by atoms with Gasteiger partial charge in [-0.15, -0.1) is 0 Å². The number of nitrogens with one attached hydrogen (secondary N) is 1. The number of nitrogens with zero attached hydrogens (tertiary/aromatic N) is 1. The van der Waals surface area contributed by atoms with Gasteiger partial charge in [0, 0.05) is 30.8 Å². The van der Waals surface area contributed by atoms with Gasteiger partial charge in [-0.1, -0.05) is 24.3 Å². The minimum absolute atomic E-state index is 0.954. The van der Waals surface area contributed by atoms with E-state index >= 15 is 0 Å². The maximum atomic E-state index is 4.87. The quantitative estimate of drug-likeness (QED) is 0.826. The van der Waals surface area contributed by atoms with E-state index in [4.69, 9.17) is 4.98 Å². The molecule has 0 spiro atoms. The second-order valence-corrected chi connectivity index (χ2v) is 5.00. The van der Waals surface area contributed by atoms with Crippen LogP contribution in [0.15, 0.2) is 30.3 Å². The zero-order chi connectivity index (χ0) is 12.5. The van der Waals surface area contributed by atoms with E-state index in [0.29, 0.717) is 0 Å². The molecule has 0 aliphatic carbocycles. The fourth-order valence-electron chi connectivity index (χ4n) is 2.70. The predicted octanol–water partition coefficient (Wildman–Crippen LogP) is 3.01. The molecule has 0 saturated carbocycles. The third-order valence-electron chi connectivity index (χ3n) is 3.66. The number of aryl methyl sites for hydroxylation is 2. The Bertz CT molecular complexity index is 567. The van der Waals surface area contributed by atoms with Crippen molar-refractivity contribution in [3.05, 3.63) is 52.7 Å². The maximum absolute atomic E-state index is 4.87. The Kier molecular flexibility index (Phi) is 2.88. The van der Waals surface area contributed by atoms with Gasteiger partial charge in [0.2, 0.25) is 0 Å². The minimum atomic E-state index is 0.954. The van der Waals surface area contributed by atoms with Gasteiger partial charge in [0.25, 0.3) is 0 Å². The van der Waals surface area contributed by atoms with Crippen LogP contribution in [0.5, 0.6) is 0 Å². The van der Waals surface area contributed by atoms with Crippen LogP contribution in [0.2, 0.25) is 0 Å². The van der Waals surface area contributed by atoms with Crippen LogP contribution < -0.4 is 5.32 Å². The normalized spacial score (nSPS) is 14.3. The topological polar surface area (TPSA) is 24.9 Å². The molecule has 0 amide bonds. The molecular weight excluding hydrogens is 220 g/mol. The first kappa shape index (κ1) is 11.4. The summed E-state index contributed by atoms with van der Waals surface area (Å²) in [6.07, 6.45) is 1.04. The summed E-state index contributed by atoms with van der Waals surface area (Å²) in [6.45, 7) is 6.31. The second kappa shape index (κ2) is 4.54. The third-order valence-corrected chi connectivity index (χ3v) is 3.66. The van der Waals surface area contributed by atoms with Crippen molar-refractivity contribution < 1.29 is 0 Å². The predicted molar refractivity (Wildman–Crippen MR) is 74.6 cm³/mol. The molecule has 0 bridgehead atoms. The summed E-state index contributed by atoms with van der Waals surface area (Å²) in [5.41, 5.74) is 7.61. The number of pyridine rings is 1. The summed E-state index contributed by atoms with van der Waals surface area (Å²) in [5.74, 6) is 0. The van der Waals surface area contributed by atoms with Gasteiger partial charge in [0.15, 0.2) is 0 Å². The van der Waals surface area contributed by atoms with Crippen molar-refractivity contribution in [3.63, 3.8) is 0 Å². The lowest BCUT2D eigenvalue weighted by Crippen LogP contribution is -2.24. The highest BCUT2D eigenvalue weighted by molar-refractivity contribution is 5.67. The molecule has 3 rings (SSSR count). The van der Waals surface area contributed by atoms with Crippen LogP contribution in [0.25, 0.3) is 11.3 Å². The van der Waals surface area contributed by atoms with Crippen molar-refractivity contribution in [2.45, 2.75) is 26.8 Å². The van der Waals surface area contributed by atoms with E-state index in [1.54, 1.807) is 0 Å². The summed E-state index contributed by atoms with van der Waals surface area (Å²) in [5, 5.41) is 3.38. The Morgan fingerprint density at radius 3 is 2.61 bits per heavy atom. The van der Waals surface area contributed by atoms with Crippen molar-refractivity contribution in [3.8, 4) is 11.3 Å². The van der Waals surface area contributed by atoms with Gasteiger partial charge in [-0.3, -0.25) is 4.98 Å². The summed E-state index contributed by atoms with van der Waals surface area (Å²) >= 11 is 0. The third kappa shape index (κ3) is 1.93. The molecule has 0 saturated heterocycles. The molecular formula is C16H18N2. The number of hydrogen-bond acceptors (Lipinski definition) is 2. The van der Waals surface area contributed by atoms with Gasteiger partial charge in [-0.05, 0) is 36.6 Å². The highest BCUT2D eigenvalue weighted by Crippen LogP contribution is 2.27. The Morgan fingerprint density at radius 1 is 1.06 bits per heavy atom. The molecule has 2 heteroatoms. The van der Waals surface area contributed by atoms with Crippen molar-refractivity contribution >= 4 is 0 Å². The highest BCUT2D eigenvalue weighted by Gasteiger charge is 2.13. The average Bonchev–Trinajstić information content (AvgIpc) is 2.38. The van der Waals surface area contributed by atoms with Gasteiger partial charge >= 0.3 is 0 Å². The van der Waals surface area contributed by atoms with Crippen molar-refractivity contribution in [1.29, 1.82) is 0 Å². The Balaban J connectivity index is 2.12. The smallest absolute Gasteiger partial charge is 0.0710 e. The SMILES string of the molecule is Cc1cccc(C)c1-c1ccc2c(n1)CCNC2. The van der Waals surface area contributed by atoms with Crippen LogP contribution in [0.3, 0.4) is 0 Å². The van der Waals surface area contributed by atoms with Gasteiger partial charge in [0.05, 0.1) is 5.69 Å². The molecule has 0 atom stereocenters. The number of fused-ring (bicyclic) bond motifs is 1. The van der Waals surface area contributed by atoms with Crippen LogP contribution >= 0.6 is 0 Å². The lowest BCUT2D eigenvalue weighted by molar-refractivity contribution is 0.631. The first-order valence-electron chi connectivity index (χ1n) is 6.52. The Morgan fingerprint density at radius 2 is 1.83 bits per heavy atom. The van der Waals surface area contributed by atoms with E-state index < -0.39 is 0 Å². The molecule has 0 radical (unpaired) electrons. The molecule has 1 aliphatic heterocycles. The average molecular weight is 238 g/mol. The molecule has 1 aliphatic rings. The molecule has 92 valence electrons. The lowest BCUT2D eigenvalue weighted by atomic mass is 9.98. The molecule has 2 aromatic rings. The lowest BCUT2D eigenvalue weighted by Gasteiger charge is -2.18.